The summed E-state index contributed by atoms with van der Waals surface area (Å²) in [5.74, 6) is -0.291. The topological polar surface area (TPSA) is 80.7 Å². The Balaban J connectivity index is 0.000000185. The number of fused-ring (bicyclic) bond motifs is 1. The van der Waals surface area contributed by atoms with E-state index in [2.05, 4.69) is 4.74 Å². The summed E-state index contributed by atoms with van der Waals surface area (Å²) in [6, 6.07) is 20.7. The van der Waals surface area contributed by atoms with Crippen LogP contribution in [-0.4, -0.2) is 26.0 Å². The molecular formula is C18H16O5S. The van der Waals surface area contributed by atoms with Crippen molar-refractivity contribution < 1.29 is 22.5 Å². The van der Waals surface area contributed by atoms with Crippen LogP contribution in [0.1, 0.15) is 10.4 Å². The molecule has 0 amide bonds. The molecule has 1 N–H and O–H groups in total. The second-order valence-electron chi connectivity index (χ2n) is 4.81. The molecule has 0 atom stereocenters. The number of hydrogen-bond acceptors (Lipinski definition) is 4. The summed E-state index contributed by atoms with van der Waals surface area (Å²) in [6.45, 7) is 0. The molecule has 0 saturated carbocycles. The van der Waals surface area contributed by atoms with E-state index in [4.69, 9.17) is 4.55 Å². The molecule has 0 fully saturated rings. The monoisotopic (exact) mass is 344 g/mol. The molecule has 0 aromatic heterocycles. The highest BCUT2D eigenvalue weighted by Gasteiger charge is 2.12. The third-order valence-corrected chi connectivity index (χ3v) is 4.13. The normalized spacial score (nSPS) is 10.6. The van der Waals surface area contributed by atoms with Crippen molar-refractivity contribution in [3.8, 4) is 0 Å². The molecule has 24 heavy (non-hydrogen) atoms. The van der Waals surface area contributed by atoms with Crippen molar-refractivity contribution in [1.29, 1.82) is 0 Å². The molecule has 0 saturated heterocycles. The number of hydrogen-bond donors (Lipinski definition) is 1. The predicted molar refractivity (Wildman–Crippen MR) is 91.5 cm³/mol. The Bertz CT molecular complexity index is 929. The molecule has 0 spiro atoms. The van der Waals surface area contributed by atoms with Crippen molar-refractivity contribution in [2.24, 2.45) is 0 Å². The Labute approximate surface area is 140 Å². The first-order chi connectivity index (χ1) is 11.4. The SMILES string of the molecule is COC(=O)c1ccccc1.O=S(=O)(O)c1cccc2ccccc12. The van der Waals surface area contributed by atoms with Crippen molar-refractivity contribution in [1.82, 2.24) is 0 Å². The number of carbonyl (C=O) groups is 1. The Morgan fingerprint density at radius 1 is 0.875 bits per heavy atom. The van der Waals surface area contributed by atoms with Crippen LogP contribution >= 0.6 is 0 Å². The van der Waals surface area contributed by atoms with E-state index in [1.807, 2.05) is 12.1 Å². The minimum absolute atomic E-state index is 0.0457. The predicted octanol–water partition coefficient (Wildman–Crippen LogP) is 3.56. The van der Waals surface area contributed by atoms with Crippen LogP contribution in [0.15, 0.2) is 77.7 Å². The molecule has 3 rings (SSSR count). The maximum Gasteiger partial charge on any atom is 0.337 e. The lowest BCUT2D eigenvalue weighted by molar-refractivity contribution is 0.0600. The smallest absolute Gasteiger partial charge is 0.337 e. The number of carbonyl (C=O) groups excluding carboxylic acids is 1. The van der Waals surface area contributed by atoms with Crippen LogP contribution in [0.5, 0.6) is 0 Å². The molecular weight excluding hydrogens is 328 g/mol. The summed E-state index contributed by atoms with van der Waals surface area (Å²) in [5, 5.41) is 1.33. The highest BCUT2D eigenvalue weighted by Crippen LogP contribution is 2.22. The fraction of sp³-hybridized carbons (Fsp3) is 0.0556. The molecule has 0 aliphatic heterocycles. The van der Waals surface area contributed by atoms with Crippen molar-refractivity contribution in [3.63, 3.8) is 0 Å². The van der Waals surface area contributed by atoms with Crippen LogP contribution in [-0.2, 0) is 14.9 Å². The lowest BCUT2D eigenvalue weighted by Gasteiger charge is -2.02. The lowest BCUT2D eigenvalue weighted by atomic mass is 10.1. The van der Waals surface area contributed by atoms with Crippen LogP contribution in [0.4, 0.5) is 0 Å². The van der Waals surface area contributed by atoms with E-state index < -0.39 is 10.1 Å². The third-order valence-electron chi connectivity index (χ3n) is 3.22. The number of ether oxygens (including phenoxy) is 1. The molecule has 0 heterocycles. The molecule has 124 valence electrons. The van der Waals surface area contributed by atoms with Crippen molar-refractivity contribution in [3.05, 3.63) is 78.4 Å². The Hall–Kier alpha value is -2.70. The summed E-state index contributed by atoms with van der Waals surface area (Å²) < 4.78 is 35.5. The molecule has 6 heteroatoms. The van der Waals surface area contributed by atoms with Gasteiger partial charge >= 0.3 is 5.97 Å². The van der Waals surface area contributed by atoms with E-state index in [0.29, 0.717) is 10.9 Å². The van der Waals surface area contributed by atoms with E-state index >= 15 is 0 Å². The van der Waals surface area contributed by atoms with E-state index in [9.17, 15) is 13.2 Å². The zero-order chi connectivity index (χ0) is 17.6. The van der Waals surface area contributed by atoms with E-state index in [-0.39, 0.29) is 10.9 Å². The van der Waals surface area contributed by atoms with Crippen LogP contribution in [0.25, 0.3) is 10.8 Å². The van der Waals surface area contributed by atoms with Gasteiger partial charge < -0.3 is 4.74 Å². The minimum Gasteiger partial charge on any atom is -0.465 e. The minimum atomic E-state index is -4.13. The molecule has 0 bridgehead atoms. The largest absolute Gasteiger partial charge is 0.465 e. The maximum absolute atomic E-state index is 11.0. The summed E-state index contributed by atoms with van der Waals surface area (Å²) in [7, 11) is -2.76. The van der Waals surface area contributed by atoms with Crippen LogP contribution < -0.4 is 0 Å². The van der Waals surface area contributed by atoms with Gasteiger partial charge in [0.15, 0.2) is 0 Å². The fourth-order valence-electron chi connectivity index (χ4n) is 2.11. The van der Waals surface area contributed by atoms with Gasteiger partial charge in [-0.05, 0) is 23.6 Å². The first-order valence-corrected chi connectivity index (χ1v) is 8.46. The van der Waals surface area contributed by atoms with Crippen LogP contribution in [0.3, 0.4) is 0 Å². The van der Waals surface area contributed by atoms with Crippen molar-refractivity contribution >= 4 is 26.9 Å². The molecule has 5 nitrogen and oxygen atoms in total. The average Bonchev–Trinajstić information content (AvgIpc) is 2.61. The molecule has 3 aromatic carbocycles. The first-order valence-electron chi connectivity index (χ1n) is 7.02. The van der Waals surface area contributed by atoms with E-state index in [1.165, 1.54) is 13.2 Å². The number of benzene rings is 3. The highest BCUT2D eigenvalue weighted by molar-refractivity contribution is 7.86. The number of esters is 1. The van der Waals surface area contributed by atoms with Gasteiger partial charge in [-0.25, -0.2) is 4.79 Å². The molecule has 3 aromatic rings. The van der Waals surface area contributed by atoms with Crippen LogP contribution in [0, 0.1) is 0 Å². The molecule has 0 unspecified atom stereocenters. The van der Waals surface area contributed by atoms with Gasteiger partial charge in [-0.1, -0.05) is 54.6 Å². The van der Waals surface area contributed by atoms with Crippen molar-refractivity contribution in [2.75, 3.05) is 7.11 Å². The molecule has 0 aliphatic carbocycles. The summed E-state index contributed by atoms with van der Waals surface area (Å²) in [6.07, 6.45) is 0. The second-order valence-corrected chi connectivity index (χ2v) is 6.20. The van der Waals surface area contributed by atoms with E-state index in [1.54, 1.807) is 54.6 Å². The maximum atomic E-state index is 11.0. The van der Waals surface area contributed by atoms with Gasteiger partial charge in [0.1, 0.15) is 4.90 Å². The van der Waals surface area contributed by atoms with Gasteiger partial charge in [-0.15, -0.1) is 0 Å². The van der Waals surface area contributed by atoms with Gasteiger partial charge in [0.05, 0.1) is 12.7 Å². The Morgan fingerprint density at radius 2 is 1.46 bits per heavy atom. The summed E-state index contributed by atoms with van der Waals surface area (Å²) in [5.41, 5.74) is 0.588. The summed E-state index contributed by atoms with van der Waals surface area (Å²) in [4.78, 5) is 10.7. The zero-order valence-corrected chi connectivity index (χ0v) is 13.7. The first kappa shape index (κ1) is 17.7. The van der Waals surface area contributed by atoms with Gasteiger partial charge in [-0.3, -0.25) is 4.55 Å². The Morgan fingerprint density at radius 3 is 2.08 bits per heavy atom. The van der Waals surface area contributed by atoms with Crippen LogP contribution in [0.2, 0.25) is 0 Å². The second kappa shape index (κ2) is 7.72. The quantitative estimate of drug-likeness (QED) is 0.568. The van der Waals surface area contributed by atoms with Crippen molar-refractivity contribution in [2.45, 2.75) is 4.90 Å². The lowest BCUT2D eigenvalue weighted by Crippen LogP contribution is -1.99. The number of methoxy groups -OCH3 is 1. The van der Waals surface area contributed by atoms with E-state index in [0.717, 1.165) is 5.39 Å². The molecule has 0 aliphatic rings. The Kier molecular flexibility index (Phi) is 5.68. The van der Waals surface area contributed by atoms with Gasteiger partial charge in [0.25, 0.3) is 10.1 Å². The average molecular weight is 344 g/mol. The number of rotatable bonds is 2. The zero-order valence-electron chi connectivity index (χ0n) is 12.9. The van der Waals surface area contributed by atoms with Gasteiger partial charge in [0.2, 0.25) is 0 Å². The van der Waals surface area contributed by atoms with Gasteiger partial charge in [0, 0.05) is 5.39 Å². The highest BCUT2D eigenvalue weighted by atomic mass is 32.2. The summed E-state index contributed by atoms with van der Waals surface area (Å²) >= 11 is 0. The fourth-order valence-corrected chi connectivity index (χ4v) is 2.83. The standard InChI is InChI=1S/C10H8O3S.C8H8O2/c11-14(12,13)10-7-3-5-8-4-1-2-6-9(8)10;1-10-8(9)7-5-3-2-4-6-7/h1-7H,(H,11,12,13);2-6H,1H3. The third kappa shape index (κ3) is 4.41. The van der Waals surface area contributed by atoms with Gasteiger partial charge in [-0.2, -0.15) is 8.42 Å². The molecule has 0 radical (unpaired) electrons.